The molecular weight excluding hydrogens is 561 g/mol. The maximum absolute atomic E-state index is 13.6. The van der Waals surface area contributed by atoms with E-state index in [4.69, 9.17) is 0 Å². The summed E-state index contributed by atoms with van der Waals surface area (Å²) in [6.45, 7) is 5.83. The summed E-state index contributed by atoms with van der Waals surface area (Å²) in [6.07, 6.45) is -3.88. The fourth-order valence-corrected chi connectivity index (χ4v) is 5.78. The summed E-state index contributed by atoms with van der Waals surface area (Å²) in [5, 5.41) is 12.0. The van der Waals surface area contributed by atoms with E-state index in [-0.39, 0.29) is 41.5 Å². The molecule has 1 aliphatic rings. The van der Waals surface area contributed by atoms with Crippen molar-refractivity contribution in [3.8, 4) is 0 Å². The lowest BCUT2D eigenvalue weighted by atomic mass is 9.85. The number of carbonyl (C=O) groups is 2. The summed E-state index contributed by atoms with van der Waals surface area (Å²) in [5.74, 6) is -2.39. The van der Waals surface area contributed by atoms with E-state index < -0.39 is 39.3 Å². The van der Waals surface area contributed by atoms with Crippen LogP contribution in [-0.2, 0) is 29.0 Å². The molecule has 0 aliphatic carbocycles. The molecule has 0 spiro atoms. The maximum atomic E-state index is 13.6. The lowest BCUT2D eigenvalue weighted by Gasteiger charge is -2.40. The van der Waals surface area contributed by atoms with Gasteiger partial charge < -0.3 is 15.3 Å². The van der Waals surface area contributed by atoms with E-state index in [1.165, 1.54) is 12.1 Å². The molecule has 13 heteroatoms. The van der Waals surface area contributed by atoms with Crippen molar-refractivity contribution in [2.24, 2.45) is 5.92 Å². The number of benzene rings is 2. The molecule has 0 saturated carbocycles. The number of nitrogens with zero attached hydrogens (tertiary/aromatic N) is 3. The number of nitrogens with one attached hydrogen (secondary N) is 1. The quantitative estimate of drug-likeness (QED) is 0.387. The Kier molecular flexibility index (Phi) is 8.39. The van der Waals surface area contributed by atoms with Crippen molar-refractivity contribution < 1.29 is 36.3 Å². The van der Waals surface area contributed by atoms with Crippen LogP contribution < -0.4 is 10.2 Å². The van der Waals surface area contributed by atoms with Gasteiger partial charge in [-0.2, -0.15) is 13.2 Å². The zero-order valence-corrected chi connectivity index (χ0v) is 23.4. The van der Waals surface area contributed by atoms with Crippen LogP contribution in [0.5, 0.6) is 0 Å². The van der Waals surface area contributed by atoms with E-state index in [2.05, 4.69) is 15.3 Å². The Morgan fingerprint density at radius 3 is 2.41 bits per heavy atom. The highest BCUT2D eigenvalue weighted by Gasteiger charge is 2.40. The molecule has 1 aliphatic heterocycles. The minimum atomic E-state index is -4.97. The normalized spacial score (nSPS) is 15.5. The van der Waals surface area contributed by atoms with Crippen molar-refractivity contribution in [1.82, 2.24) is 15.3 Å². The van der Waals surface area contributed by atoms with Gasteiger partial charge >= 0.3 is 12.1 Å². The minimum Gasteiger partial charge on any atom is -0.478 e. The number of aromatic nitrogens is 2. The maximum Gasteiger partial charge on any atom is 0.434 e. The minimum absolute atomic E-state index is 0.00450. The third-order valence-electron chi connectivity index (χ3n) is 6.96. The lowest BCUT2D eigenvalue weighted by molar-refractivity contribution is -0.141. The molecule has 0 radical (unpaired) electrons. The van der Waals surface area contributed by atoms with Crippen LogP contribution in [0.4, 0.5) is 19.1 Å². The van der Waals surface area contributed by atoms with Gasteiger partial charge in [0.1, 0.15) is 5.56 Å². The predicted octanol–water partition coefficient (Wildman–Crippen LogP) is 4.68. The SMILES string of the molecule is CCS(=O)(=O)c1ccc(CNC(=O)c2ccc3c(c2)CCN(c2ncc(C(=O)O)c(C(F)(F)F)n2)[C@H]3C(C)C)cc1. The molecular formula is C28H29F3N4O5S. The lowest BCUT2D eigenvalue weighted by Crippen LogP contribution is -2.40. The first-order valence-electron chi connectivity index (χ1n) is 12.9. The highest BCUT2D eigenvalue weighted by atomic mass is 32.2. The Labute approximate surface area is 235 Å². The van der Waals surface area contributed by atoms with Crippen LogP contribution in [-0.4, -0.2) is 47.7 Å². The zero-order valence-electron chi connectivity index (χ0n) is 22.6. The number of amides is 1. The average molecular weight is 591 g/mol. The molecule has 3 aromatic rings. The number of rotatable bonds is 8. The van der Waals surface area contributed by atoms with Crippen LogP contribution in [0.25, 0.3) is 0 Å². The van der Waals surface area contributed by atoms with E-state index in [9.17, 15) is 36.3 Å². The number of alkyl halides is 3. The van der Waals surface area contributed by atoms with Crippen LogP contribution in [0.3, 0.4) is 0 Å². The highest BCUT2D eigenvalue weighted by Crippen LogP contribution is 2.39. The summed E-state index contributed by atoms with van der Waals surface area (Å²) >= 11 is 0. The second-order valence-corrected chi connectivity index (χ2v) is 12.3. The van der Waals surface area contributed by atoms with Gasteiger partial charge in [-0.1, -0.05) is 39.0 Å². The molecule has 0 bridgehead atoms. The van der Waals surface area contributed by atoms with Gasteiger partial charge in [0.2, 0.25) is 5.95 Å². The van der Waals surface area contributed by atoms with Crippen molar-refractivity contribution in [1.29, 1.82) is 0 Å². The van der Waals surface area contributed by atoms with Gasteiger partial charge in [0.25, 0.3) is 5.91 Å². The first-order valence-corrected chi connectivity index (χ1v) is 14.5. The van der Waals surface area contributed by atoms with Gasteiger partial charge in [-0.25, -0.2) is 23.2 Å². The number of carboxylic acids is 1. The number of hydrogen-bond acceptors (Lipinski definition) is 7. The summed E-state index contributed by atoms with van der Waals surface area (Å²) in [5.41, 5.74) is 0.296. The Bertz CT molecular complexity index is 1570. The predicted molar refractivity (Wildman–Crippen MR) is 144 cm³/mol. The molecule has 2 aromatic carbocycles. The van der Waals surface area contributed by atoms with Gasteiger partial charge in [-0.05, 0) is 53.3 Å². The fraction of sp³-hybridized carbons (Fsp3) is 0.357. The standard InChI is InChI=1S/C28H29F3N4O5S/c1-4-41(39,40)20-8-5-17(6-9-20)14-32-25(36)19-7-10-21-18(13-19)11-12-35(23(21)16(2)3)27-33-15-22(26(37)38)24(34-27)28(29,30)31/h5-10,13,15-16,23H,4,11-12,14H2,1-3H3,(H,32,36)(H,37,38)/t23-/m0/s1. The molecule has 2 heterocycles. The fourth-order valence-electron chi connectivity index (χ4n) is 4.89. The number of carbonyl (C=O) groups excluding carboxylic acids is 1. The molecule has 0 fully saturated rings. The molecule has 218 valence electrons. The Morgan fingerprint density at radius 1 is 1.15 bits per heavy atom. The van der Waals surface area contributed by atoms with Crippen LogP contribution in [0, 0.1) is 5.92 Å². The first-order chi connectivity index (χ1) is 19.2. The zero-order chi connectivity index (χ0) is 30.1. The average Bonchev–Trinajstić information content (AvgIpc) is 2.94. The molecule has 0 unspecified atom stereocenters. The number of aromatic carboxylic acids is 1. The molecule has 0 saturated heterocycles. The van der Waals surface area contributed by atoms with E-state index in [1.54, 1.807) is 42.2 Å². The van der Waals surface area contributed by atoms with Crippen molar-refractivity contribution in [3.05, 3.63) is 82.2 Å². The first kappa shape index (κ1) is 30.0. The summed E-state index contributed by atoms with van der Waals surface area (Å²) in [6, 6.07) is 11.1. The van der Waals surface area contributed by atoms with E-state index in [0.717, 1.165) is 16.7 Å². The number of sulfone groups is 1. The van der Waals surface area contributed by atoms with Crippen molar-refractivity contribution >= 4 is 27.7 Å². The molecule has 41 heavy (non-hydrogen) atoms. The number of halogens is 3. The van der Waals surface area contributed by atoms with Gasteiger partial charge in [0, 0.05) is 24.8 Å². The van der Waals surface area contributed by atoms with E-state index in [1.807, 2.05) is 13.8 Å². The highest BCUT2D eigenvalue weighted by molar-refractivity contribution is 7.91. The monoisotopic (exact) mass is 590 g/mol. The number of anilines is 1. The van der Waals surface area contributed by atoms with Gasteiger partial charge in [-0.3, -0.25) is 4.79 Å². The topological polar surface area (TPSA) is 130 Å². The number of hydrogen-bond donors (Lipinski definition) is 2. The van der Waals surface area contributed by atoms with Crippen molar-refractivity contribution in [3.63, 3.8) is 0 Å². The third kappa shape index (κ3) is 6.34. The molecule has 2 N–H and O–H groups in total. The molecule has 4 rings (SSSR count). The van der Waals surface area contributed by atoms with Crippen LogP contribution in [0.1, 0.15) is 69.9 Å². The second-order valence-electron chi connectivity index (χ2n) is 10.0. The van der Waals surface area contributed by atoms with Crippen LogP contribution >= 0.6 is 0 Å². The second kappa shape index (κ2) is 11.5. The Morgan fingerprint density at radius 2 is 1.83 bits per heavy atom. The molecule has 9 nitrogen and oxygen atoms in total. The molecule has 1 aromatic heterocycles. The summed E-state index contributed by atoms with van der Waals surface area (Å²) < 4.78 is 64.7. The van der Waals surface area contributed by atoms with E-state index >= 15 is 0 Å². The van der Waals surface area contributed by atoms with Gasteiger partial charge in [-0.15, -0.1) is 0 Å². The summed E-state index contributed by atoms with van der Waals surface area (Å²) in [7, 11) is -3.32. The Hall–Kier alpha value is -4.00. The van der Waals surface area contributed by atoms with Gasteiger partial charge in [0.05, 0.1) is 16.7 Å². The third-order valence-corrected chi connectivity index (χ3v) is 8.71. The largest absolute Gasteiger partial charge is 0.478 e. The summed E-state index contributed by atoms with van der Waals surface area (Å²) in [4.78, 5) is 33.7. The van der Waals surface area contributed by atoms with Crippen molar-refractivity contribution in [2.45, 2.75) is 50.9 Å². The molecule has 1 amide bonds. The van der Waals surface area contributed by atoms with Crippen molar-refractivity contribution in [2.75, 3.05) is 17.2 Å². The number of carboxylic acid groups (broad SMARTS) is 1. The Balaban J connectivity index is 1.55. The van der Waals surface area contributed by atoms with Crippen LogP contribution in [0.15, 0.2) is 53.6 Å². The van der Waals surface area contributed by atoms with E-state index in [0.29, 0.717) is 18.2 Å². The van der Waals surface area contributed by atoms with Gasteiger partial charge in [0.15, 0.2) is 15.5 Å². The molecule has 1 atom stereocenters. The number of fused-ring (bicyclic) bond motifs is 1. The smallest absolute Gasteiger partial charge is 0.434 e. The van der Waals surface area contributed by atoms with Crippen LogP contribution in [0.2, 0.25) is 0 Å².